The molecule has 0 spiro atoms. The Kier molecular flexibility index (Phi) is 5.83. The summed E-state index contributed by atoms with van der Waals surface area (Å²) in [6, 6.07) is 18.7. The first-order chi connectivity index (χ1) is 10.2. The molecule has 110 valence electrons. The molecule has 0 aliphatic heterocycles. The molecule has 0 aromatic heterocycles. The van der Waals surface area contributed by atoms with Crippen LogP contribution in [-0.4, -0.2) is 12.4 Å². The fraction of sp³-hybridized carbons (Fsp3) is 0.278. The van der Waals surface area contributed by atoms with Gasteiger partial charge in [0.25, 0.3) is 0 Å². The molecule has 21 heavy (non-hydrogen) atoms. The zero-order chi connectivity index (χ0) is 14.9. The third kappa shape index (κ3) is 5.69. The molecule has 0 unspecified atom stereocenters. The zero-order valence-corrected chi connectivity index (χ0v) is 12.2. The monoisotopic (exact) mass is 282 g/mol. The summed E-state index contributed by atoms with van der Waals surface area (Å²) in [6.45, 7) is 0.672. The van der Waals surface area contributed by atoms with E-state index in [9.17, 15) is 0 Å². The highest BCUT2D eigenvalue weighted by Crippen LogP contribution is 2.15. The van der Waals surface area contributed by atoms with Gasteiger partial charge < -0.3 is 10.5 Å². The van der Waals surface area contributed by atoms with Gasteiger partial charge in [-0.25, -0.2) is 0 Å². The smallest absolute Gasteiger partial charge is 0.119 e. The zero-order valence-electron chi connectivity index (χ0n) is 12.2. The maximum atomic E-state index is 7.15. The van der Waals surface area contributed by atoms with Gasteiger partial charge in [0, 0.05) is 6.42 Å². The molecule has 3 N–H and O–H groups in total. The number of ether oxygens (including phenoxy) is 1. The molecule has 0 aliphatic rings. The number of nitrogens with one attached hydrogen (secondary N) is 1. The highest BCUT2D eigenvalue weighted by Gasteiger charge is 1.98. The first-order valence-electron chi connectivity index (χ1n) is 7.32. The molecule has 3 nitrogen and oxygen atoms in total. The first-order valence-corrected chi connectivity index (χ1v) is 7.32. The van der Waals surface area contributed by atoms with Crippen LogP contribution in [0.2, 0.25) is 0 Å². The quantitative estimate of drug-likeness (QED) is 0.440. The van der Waals surface area contributed by atoms with Crippen LogP contribution in [0.25, 0.3) is 0 Å². The second-order valence-corrected chi connectivity index (χ2v) is 5.14. The highest BCUT2D eigenvalue weighted by atomic mass is 16.5. The van der Waals surface area contributed by atoms with Crippen molar-refractivity contribution in [1.29, 1.82) is 5.41 Å². The van der Waals surface area contributed by atoms with Crippen molar-refractivity contribution in [2.75, 3.05) is 6.61 Å². The maximum absolute atomic E-state index is 7.15. The Balaban J connectivity index is 1.75. The summed E-state index contributed by atoms with van der Waals surface area (Å²) < 4.78 is 5.68. The summed E-state index contributed by atoms with van der Waals surface area (Å²) >= 11 is 0. The van der Waals surface area contributed by atoms with Crippen LogP contribution in [0.4, 0.5) is 0 Å². The normalized spacial score (nSPS) is 10.3. The largest absolute Gasteiger partial charge is 0.494 e. The Labute approximate surface area is 126 Å². The molecule has 0 aliphatic carbocycles. The molecule has 0 saturated carbocycles. The topological polar surface area (TPSA) is 59.1 Å². The molecular formula is C18H22N2O. The van der Waals surface area contributed by atoms with Gasteiger partial charge in [0.2, 0.25) is 0 Å². The standard InChI is InChI=1S/C18H22N2O/c19-18(20)8-4-5-13-21-17-11-9-16(10-12-17)14-15-6-2-1-3-7-15/h1-3,6-7,9-12H,4-5,8,13-14H2,(H3,19,20). The molecule has 0 fully saturated rings. The highest BCUT2D eigenvalue weighted by molar-refractivity contribution is 5.76. The van der Waals surface area contributed by atoms with Crippen molar-refractivity contribution in [3.8, 4) is 5.75 Å². The Morgan fingerprint density at radius 1 is 0.905 bits per heavy atom. The van der Waals surface area contributed by atoms with Crippen LogP contribution in [0.3, 0.4) is 0 Å². The van der Waals surface area contributed by atoms with E-state index in [1.54, 1.807) is 0 Å². The predicted molar refractivity (Wildman–Crippen MR) is 87.0 cm³/mol. The van der Waals surface area contributed by atoms with E-state index in [-0.39, 0.29) is 5.84 Å². The van der Waals surface area contributed by atoms with Gasteiger partial charge in [-0.05, 0) is 42.5 Å². The average molecular weight is 282 g/mol. The third-order valence-electron chi connectivity index (χ3n) is 3.28. The summed E-state index contributed by atoms with van der Waals surface area (Å²) in [5, 5.41) is 7.15. The average Bonchev–Trinajstić information content (AvgIpc) is 2.49. The van der Waals surface area contributed by atoms with E-state index in [1.165, 1.54) is 11.1 Å². The lowest BCUT2D eigenvalue weighted by Crippen LogP contribution is -2.09. The second kappa shape index (κ2) is 8.10. The summed E-state index contributed by atoms with van der Waals surface area (Å²) in [4.78, 5) is 0. The Hall–Kier alpha value is -2.29. The Morgan fingerprint density at radius 2 is 1.57 bits per heavy atom. The lowest BCUT2D eigenvalue weighted by Gasteiger charge is -2.07. The van der Waals surface area contributed by atoms with Gasteiger partial charge in [-0.3, -0.25) is 5.41 Å². The molecule has 3 heteroatoms. The molecule has 0 atom stereocenters. The van der Waals surface area contributed by atoms with Crippen LogP contribution in [-0.2, 0) is 6.42 Å². The number of nitrogens with two attached hydrogens (primary N) is 1. The number of hydrogen-bond acceptors (Lipinski definition) is 2. The first kappa shape index (κ1) is 15.1. The number of rotatable bonds is 8. The summed E-state index contributed by atoms with van der Waals surface area (Å²) in [5.41, 5.74) is 7.91. The molecule has 2 rings (SSSR count). The number of hydrogen-bond donors (Lipinski definition) is 2. The molecule has 0 bridgehead atoms. The van der Waals surface area contributed by atoms with Crippen molar-refractivity contribution < 1.29 is 4.74 Å². The van der Waals surface area contributed by atoms with Crippen molar-refractivity contribution in [2.24, 2.45) is 5.73 Å². The van der Waals surface area contributed by atoms with Crippen LogP contribution in [0, 0.1) is 5.41 Å². The van der Waals surface area contributed by atoms with Crippen molar-refractivity contribution in [3.05, 3.63) is 65.7 Å². The fourth-order valence-corrected chi connectivity index (χ4v) is 2.14. The van der Waals surface area contributed by atoms with E-state index in [1.807, 2.05) is 18.2 Å². The van der Waals surface area contributed by atoms with Gasteiger partial charge in [-0.1, -0.05) is 42.5 Å². The van der Waals surface area contributed by atoms with Gasteiger partial charge in [-0.15, -0.1) is 0 Å². The van der Waals surface area contributed by atoms with Gasteiger partial charge >= 0.3 is 0 Å². The van der Waals surface area contributed by atoms with Gasteiger partial charge in [0.1, 0.15) is 5.75 Å². The molecule has 2 aromatic carbocycles. The van der Waals surface area contributed by atoms with Gasteiger partial charge in [-0.2, -0.15) is 0 Å². The van der Waals surface area contributed by atoms with E-state index >= 15 is 0 Å². The van der Waals surface area contributed by atoms with Gasteiger partial charge in [0.05, 0.1) is 12.4 Å². The van der Waals surface area contributed by atoms with E-state index in [0.29, 0.717) is 13.0 Å². The van der Waals surface area contributed by atoms with E-state index < -0.39 is 0 Å². The third-order valence-corrected chi connectivity index (χ3v) is 3.28. The number of unbranched alkanes of at least 4 members (excludes halogenated alkanes) is 1. The summed E-state index contributed by atoms with van der Waals surface area (Å²) in [6.07, 6.45) is 3.42. The maximum Gasteiger partial charge on any atom is 0.119 e. The van der Waals surface area contributed by atoms with Crippen LogP contribution in [0.5, 0.6) is 5.75 Å². The number of amidine groups is 1. The lowest BCUT2D eigenvalue weighted by molar-refractivity contribution is 0.308. The van der Waals surface area contributed by atoms with Crippen LogP contribution >= 0.6 is 0 Å². The van der Waals surface area contributed by atoms with Gasteiger partial charge in [0.15, 0.2) is 0 Å². The van der Waals surface area contributed by atoms with E-state index in [2.05, 4.69) is 36.4 Å². The molecule has 0 radical (unpaired) electrons. The van der Waals surface area contributed by atoms with E-state index in [4.69, 9.17) is 15.9 Å². The predicted octanol–water partition coefficient (Wildman–Crippen LogP) is 3.76. The van der Waals surface area contributed by atoms with Crippen molar-refractivity contribution >= 4 is 5.84 Å². The summed E-state index contributed by atoms with van der Waals surface area (Å²) in [5.74, 6) is 1.15. The number of benzene rings is 2. The van der Waals surface area contributed by atoms with Crippen molar-refractivity contribution in [1.82, 2.24) is 0 Å². The SMILES string of the molecule is N=C(N)CCCCOc1ccc(Cc2ccccc2)cc1. The van der Waals surface area contributed by atoms with E-state index in [0.717, 1.165) is 25.0 Å². The molecule has 2 aromatic rings. The molecular weight excluding hydrogens is 260 g/mol. The molecule has 0 amide bonds. The van der Waals surface area contributed by atoms with Crippen molar-refractivity contribution in [2.45, 2.75) is 25.7 Å². The summed E-state index contributed by atoms with van der Waals surface area (Å²) in [7, 11) is 0. The fourth-order valence-electron chi connectivity index (χ4n) is 2.14. The van der Waals surface area contributed by atoms with Crippen LogP contribution < -0.4 is 10.5 Å². The minimum atomic E-state index is 0.250. The Morgan fingerprint density at radius 3 is 2.24 bits per heavy atom. The second-order valence-electron chi connectivity index (χ2n) is 5.14. The molecule has 0 saturated heterocycles. The Bertz CT molecular complexity index is 549. The minimum Gasteiger partial charge on any atom is -0.494 e. The van der Waals surface area contributed by atoms with Crippen LogP contribution in [0.15, 0.2) is 54.6 Å². The minimum absolute atomic E-state index is 0.250. The molecule has 0 heterocycles. The van der Waals surface area contributed by atoms with Crippen molar-refractivity contribution in [3.63, 3.8) is 0 Å². The lowest BCUT2D eigenvalue weighted by atomic mass is 10.1. The van der Waals surface area contributed by atoms with Crippen LogP contribution in [0.1, 0.15) is 30.4 Å².